The molecule has 1 aromatic carbocycles. The standard InChI is InChI=1S/C23H24N4O2/c28-21-17(4-1-3-15-6-7-16-5-2-9-25-19(16)11-15)12-20(22(21)29)27-10-8-18-13-24-14-26-23(18)27/h2,5-11,13-14,17,20-22,28-29H,1,3-4,12H2/t17-,20+,21+,22-/m0/s1. The molecule has 0 aliphatic heterocycles. The third-order valence-electron chi connectivity index (χ3n) is 6.22. The summed E-state index contributed by atoms with van der Waals surface area (Å²) in [6.07, 6.45) is 9.08. The molecule has 1 fully saturated rings. The third-order valence-corrected chi connectivity index (χ3v) is 6.22. The van der Waals surface area contributed by atoms with E-state index in [1.807, 2.05) is 29.1 Å². The summed E-state index contributed by atoms with van der Waals surface area (Å²) in [4.78, 5) is 12.8. The lowest BCUT2D eigenvalue weighted by molar-refractivity contribution is 0.00511. The summed E-state index contributed by atoms with van der Waals surface area (Å²) >= 11 is 0. The second-order valence-corrected chi connectivity index (χ2v) is 7.99. The number of fused-ring (bicyclic) bond motifs is 2. The van der Waals surface area contributed by atoms with Gasteiger partial charge in [-0.3, -0.25) is 4.98 Å². The molecule has 6 nitrogen and oxygen atoms in total. The fourth-order valence-corrected chi connectivity index (χ4v) is 4.66. The van der Waals surface area contributed by atoms with Gasteiger partial charge in [-0.15, -0.1) is 0 Å². The molecule has 148 valence electrons. The Morgan fingerprint density at radius 2 is 1.97 bits per heavy atom. The SMILES string of the molecule is O[C@@H]1[C@@H](CCCc2ccc3cccnc3c2)C[C@@H](n2ccc3cncnc32)[C@@H]1O. The Labute approximate surface area is 168 Å². The van der Waals surface area contributed by atoms with Crippen molar-refractivity contribution in [2.45, 2.75) is 43.9 Å². The van der Waals surface area contributed by atoms with Crippen LogP contribution in [0.25, 0.3) is 21.9 Å². The van der Waals surface area contributed by atoms with Gasteiger partial charge in [-0.2, -0.15) is 0 Å². The number of benzene rings is 1. The average molecular weight is 388 g/mol. The van der Waals surface area contributed by atoms with E-state index in [0.29, 0.717) is 0 Å². The zero-order valence-electron chi connectivity index (χ0n) is 16.1. The van der Waals surface area contributed by atoms with E-state index in [1.165, 1.54) is 11.9 Å². The monoisotopic (exact) mass is 388 g/mol. The predicted molar refractivity (Wildman–Crippen MR) is 111 cm³/mol. The smallest absolute Gasteiger partial charge is 0.143 e. The number of nitrogens with zero attached hydrogens (tertiary/aromatic N) is 4. The number of aromatic nitrogens is 4. The molecule has 0 bridgehead atoms. The first-order chi connectivity index (χ1) is 14.2. The molecule has 1 saturated carbocycles. The summed E-state index contributed by atoms with van der Waals surface area (Å²) in [6, 6.07) is 12.2. The first-order valence-corrected chi connectivity index (χ1v) is 10.2. The average Bonchev–Trinajstić information content (AvgIpc) is 3.30. The maximum Gasteiger partial charge on any atom is 0.143 e. The summed E-state index contributed by atoms with van der Waals surface area (Å²) in [5, 5.41) is 23.4. The van der Waals surface area contributed by atoms with Crippen LogP contribution in [0.15, 0.2) is 61.3 Å². The summed E-state index contributed by atoms with van der Waals surface area (Å²) in [7, 11) is 0. The van der Waals surface area contributed by atoms with E-state index < -0.39 is 12.2 Å². The summed E-state index contributed by atoms with van der Waals surface area (Å²) < 4.78 is 1.99. The van der Waals surface area contributed by atoms with E-state index in [-0.39, 0.29) is 12.0 Å². The summed E-state index contributed by atoms with van der Waals surface area (Å²) in [5.41, 5.74) is 3.08. The Balaban J connectivity index is 1.25. The Morgan fingerprint density at radius 1 is 1.03 bits per heavy atom. The van der Waals surface area contributed by atoms with Crippen LogP contribution >= 0.6 is 0 Å². The second-order valence-electron chi connectivity index (χ2n) is 7.99. The van der Waals surface area contributed by atoms with Crippen molar-refractivity contribution in [3.05, 3.63) is 66.9 Å². The van der Waals surface area contributed by atoms with Crippen molar-refractivity contribution in [1.82, 2.24) is 19.5 Å². The molecule has 3 aromatic heterocycles. The molecule has 2 N–H and O–H groups in total. The Morgan fingerprint density at radius 3 is 2.90 bits per heavy atom. The van der Waals surface area contributed by atoms with Crippen molar-refractivity contribution in [2.75, 3.05) is 0 Å². The van der Waals surface area contributed by atoms with Gasteiger partial charge < -0.3 is 14.8 Å². The van der Waals surface area contributed by atoms with Crippen LogP contribution in [0.1, 0.15) is 30.9 Å². The van der Waals surface area contributed by atoms with Crippen LogP contribution in [0.3, 0.4) is 0 Å². The minimum atomic E-state index is -0.782. The number of hydrogen-bond acceptors (Lipinski definition) is 5. The van der Waals surface area contributed by atoms with E-state index in [2.05, 4.69) is 39.2 Å². The Bertz CT molecular complexity index is 1140. The maximum absolute atomic E-state index is 10.7. The molecular weight excluding hydrogens is 364 g/mol. The number of aliphatic hydroxyl groups excluding tert-OH is 2. The van der Waals surface area contributed by atoms with Gasteiger partial charge in [-0.1, -0.05) is 18.2 Å². The number of aryl methyl sites for hydroxylation is 1. The normalized spacial score (nSPS) is 24.5. The minimum absolute atomic E-state index is 0.0767. The van der Waals surface area contributed by atoms with Gasteiger partial charge in [0.15, 0.2) is 0 Å². The van der Waals surface area contributed by atoms with Crippen molar-refractivity contribution in [2.24, 2.45) is 5.92 Å². The van der Waals surface area contributed by atoms with Gasteiger partial charge in [-0.05, 0) is 55.4 Å². The molecule has 0 amide bonds. The number of pyridine rings is 1. The predicted octanol–water partition coefficient (Wildman–Crippen LogP) is 3.29. The fraction of sp³-hybridized carbons (Fsp3) is 0.348. The highest BCUT2D eigenvalue weighted by Crippen LogP contribution is 2.39. The third kappa shape index (κ3) is 3.39. The number of rotatable bonds is 5. The van der Waals surface area contributed by atoms with E-state index >= 15 is 0 Å². The van der Waals surface area contributed by atoms with Crippen LogP contribution in [0.4, 0.5) is 0 Å². The van der Waals surface area contributed by atoms with Gasteiger partial charge in [0.1, 0.15) is 18.1 Å². The molecule has 4 atom stereocenters. The Kier molecular flexibility index (Phi) is 4.73. The molecule has 3 heterocycles. The number of hydrogen-bond donors (Lipinski definition) is 2. The zero-order chi connectivity index (χ0) is 19.8. The maximum atomic E-state index is 10.7. The zero-order valence-corrected chi connectivity index (χ0v) is 16.1. The molecule has 29 heavy (non-hydrogen) atoms. The lowest BCUT2D eigenvalue weighted by Gasteiger charge is -2.18. The van der Waals surface area contributed by atoms with Crippen molar-refractivity contribution >= 4 is 21.9 Å². The molecule has 0 radical (unpaired) electrons. The first kappa shape index (κ1) is 18.2. The Hall–Kier alpha value is -2.83. The largest absolute Gasteiger partial charge is 0.390 e. The van der Waals surface area contributed by atoms with Gasteiger partial charge in [0.2, 0.25) is 0 Å². The topological polar surface area (TPSA) is 84.1 Å². The first-order valence-electron chi connectivity index (χ1n) is 10.2. The molecule has 5 rings (SSSR count). The molecule has 1 aliphatic carbocycles. The van der Waals surface area contributed by atoms with Gasteiger partial charge >= 0.3 is 0 Å². The molecule has 6 heteroatoms. The van der Waals surface area contributed by atoms with Crippen LogP contribution in [-0.2, 0) is 6.42 Å². The van der Waals surface area contributed by atoms with Gasteiger partial charge in [0.25, 0.3) is 0 Å². The molecule has 0 unspecified atom stereocenters. The second kappa shape index (κ2) is 7.54. The highest BCUT2D eigenvalue weighted by atomic mass is 16.3. The van der Waals surface area contributed by atoms with Crippen molar-refractivity contribution in [3.8, 4) is 0 Å². The van der Waals surface area contributed by atoms with E-state index in [1.54, 1.807) is 6.20 Å². The van der Waals surface area contributed by atoms with Crippen molar-refractivity contribution in [1.29, 1.82) is 0 Å². The molecule has 1 aliphatic rings. The minimum Gasteiger partial charge on any atom is -0.390 e. The van der Waals surface area contributed by atoms with Crippen LogP contribution in [-0.4, -0.2) is 41.9 Å². The van der Waals surface area contributed by atoms with Crippen LogP contribution in [0.5, 0.6) is 0 Å². The molecule has 0 spiro atoms. The lowest BCUT2D eigenvalue weighted by atomic mass is 9.96. The van der Waals surface area contributed by atoms with Gasteiger partial charge in [-0.25, -0.2) is 9.97 Å². The van der Waals surface area contributed by atoms with Crippen LogP contribution in [0, 0.1) is 5.92 Å². The quantitative estimate of drug-likeness (QED) is 0.548. The van der Waals surface area contributed by atoms with Crippen molar-refractivity contribution < 1.29 is 10.2 Å². The highest BCUT2D eigenvalue weighted by Gasteiger charge is 2.42. The fourth-order valence-electron chi connectivity index (χ4n) is 4.66. The summed E-state index contributed by atoms with van der Waals surface area (Å²) in [6.45, 7) is 0. The summed E-state index contributed by atoms with van der Waals surface area (Å²) in [5.74, 6) is 0.0767. The highest BCUT2D eigenvalue weighted by molar-refractivity contribution is 5.78. The van der Waals surface area contributed by atoms with E-state index in [0.717, 1.165) is 47.6 Å². The van der Waals surface area contributed by atoms with Crippen molar-refractivity contribution in [3.63, 3.8) is 0 Å². The van der Waals surface area contributed by atoms with Crippen LogP contribution < -0.4 is 0 Å². The molecular formula is C23H24N4O2. The van der Waals surface area contributed by atoms with E-state index in [9.17, 15) is 10.2 Å². The molecule has 4 aromatic rings. The van der Waals surface area contributed by atoms with Gasteiger partial charge in [0.05, 0.1) is 17.7 Å². The number of aliphatic hydroxyl groups is 2. The molecule has 0 saturated heterocycles. The van der Waals surface area contributed by atoms with Crippen LogP contribution in [0.2, 0.25) is 0 Å². The van der Waals surface area contributed by atoms with Gasteiger partial charge in [0, 0.05) is 29.4 Å². The lowest BCUT2D eigenvalue weighted by Crippen LogP contribution is -2.29. The van der Waals surface area contributed by atoms with E-state index in [4.69, 9.17) is 0 Å².